The molecule has 0 aromatic rings. The summed E-state index contributed by atoms with van der Waals surface area (Å²) in [5.74, 6) is 0. The number of unbranched alkanes of at least 4 members (excludes halogenated alkanes) is 1. The molecular weight excluding hydrogens is 219 g/mol. The van der Waals surface area contributed by atoms with Gasteiger partial charge in [-0.3, -0.25) is 0 Å². The Balaban J connectivity index is 4.22. The molecule has 0 spiro atoms. The molecule has 80 valence electrons. The lowest BCUT2D eigenvalue weighted by Gasteiger charge is -2.35. The van der Waals surface area contributed by atoms with E-state index in [2.05, 4.69) is 27.7 Å². The van der Waals surface area contributed by atoms with Crippen LogP contribution >= 0.6 is 22.2 Å². The molecule has 0 rings (SSSR count). The number of hydrogen-bond acceptors (Lipinski definition) is 0. The van der Waals surface area contributed by atoms with E-state index < -0.39 is 6.69 Å². The lowest BCUT2D eigenvalue weighted by atomic mass is 10.1. The molecule has 0 unspecified atom stereocenters. The largest absolute Gasteiger partial charge is 0.256 e. The highest BCUT2D eigenvalue weighted by molar-refractivity contribution is 7.46. The summed E-state index contributed by atoms with van der Waals surface area (Å²) in [5.41, 5.74) is 0. The van der Waals surface area contributed by atoms with Crippen LogP contribution in [-0.2, 0) is 0 Å². The molecule has 0 aromatic heterocycles. The molecule has 0 atom stereocenters. The van der Waals surface area contributed by atoms with Crippen LogP contribution < -0.4 is 0 Å². The first-order valence-electron chi connectivity index (χ1n) is 5.25. The summed E-state index contributed by atoms with van der Waals surface area (Å²) < 4.78 is 0. The van der Waals surface area contributed by atoms with Crippen LogP contribution in [0.3, 0.4) is 0 Å². The highest BCUT2D eigenvalue weighted by atomic mass is 35.7. The second kappa shape index (κ2) is 5.62. The van der Waals surface area contributed by atoms with Gasteiger partial charge in [0.15, 0.2) is 0 Å². The second-order valence-electron chi connectivity index (χ2n) is 4.44. The minimum atomic E-state index is -2.03. The van der Waals surface area contributed by atoms with Crippen molar-refractivity contribution in [2.75, 3.05) is 0 Å². The van der Waals surface area contributed by atoms with E-state index in [0.29, 0.717) is 0 Å². The lowest BCUT2D eigenvalue weighted by Crippen LogP contribution is -2.33. The van der Waals surface area contributed by atoms with Crippen LogP contribution in [0.2, 0.25) is 11.1 Å². The van der Waals surface area contributed by atoms with Gasteiger partial charge in [-0.15, -0.1) is 22.2 Å². The summed E-state index contributed by atoms with van der Waals surface area (Å²) in [6, 6.07) is 1.04. The normalized spacial score (nSPS) is 13.4. The first-order chi connectivity index (χ1) is 5.87. The van der Waals surface area contributed by atoms with Crippen molar-refractivity contribution in [2.45, 2.75) is 64.5 Å². The van der Waals surface area contributed by atoms with Crippen LogP contribution in [0.25, 0.3) is 0 Å². The first-order valence-corrected chi connectivity index (χ1v) is 9.48. The van der Waals surface area contributed by atoms with E-state index in [1.165, 1.54) is 19.3 Å². The fourth-order valence-corrected chi connectivity index (χ4v) is 5.00. The summed E-state index contributed by atoms with van der Waals surface area (Å²) in [7, 11) is 0. The van der Waals surface area contributed by atoms with Crippen molar-refractivity contribution in [3.05, 3.63) is 0 Å². The van der Waals surface area contributed by atoms with Gasteiger partial charge >= 0.3 is 0 Å². The first kappa shape index (κ1) is 13.8. The Morgan fingerprint density at radius 3 is 2.00 bits per heavy atom. The van der Waals surface area contributed by atoms with Gasteiger partial charge in [0, 0.05) is 0 Å². The molecule has 0 aliphatic heterocycles. The molecule has 0 aromatic carbocycles. The zero-order valence-electron chi connectivity index (χ0n) is 9.29. The van der Waals surface area contributed by atoms with Crippen LogP contribution in [0.5, 0.6) is 0 Å². The van der Waals surface area contributed by atoms with Gasteiger partial charge < -0.3 is 0 Å². The summed E-state index contributed by atoms with van der Waals surface area (Å²) in [6.45, 7) is 6.79. The topological polar surface area (TPSA) is 0 Å². The number of halogens is 2. The molecule has 0 nitrogen and oxygen atoms in total. The van der Waals surface area contributed by atoms with E-state index in [9.17, 15) is 0 Å². The number of hydrogen-bond donors (Lipinski definition) is 0. The van der Waals surface area contributed by atoms with Crippen molar-refractivity contribution in [2.24, 2.45) is 0 Å². The Kier molecular flexibility index (Phi) is 5.97. The van der Waals surface area contributed by atoms with E-state index >= 15 is 0 Å². The molecule has 0 saturated carbocycles. The summed E-state index contributed by atoms with van der Waals surface area (Å²) in [6.07, 6.45) is 4.69. The Hall–Kier alpha value is 0.797. The third-order valence-electron chi connectivity index (χ3n) is 2.71. The summed E-state index contributed by atoms with van der Waals surface area (Å²) in [5, 5.41) is 0.167. The van der Waals surface area contributed by atoms with Gasteiger partial charge in [0.2, 0.25) is 0 Å². The van der Waals surface area contributed by atoms with Gasteiger partial charge in [-0.1, -0.05) is 47.0 Å². The SMILES string of the molecule is CCCC[Si](Cl)(Cl)C(C)(C)CCC. The van der Waals surface area contributed by atoms with Crippen molar-refractivity contribution in [3.8, 4) is 0 Å². The molecule has 0 aliphatic carbocycles. The average Bonchev–Trinajstić information content (AvgIpc) is 2.00. The Morgan fingerprint density at radius 2 is 1.62 bits per heavy atom. The Labute approximate surface area is 93.4 Å². The van der Waals surface area contributed by atoms with Gasteiger partial charge in [-0.2, -0.15) is 0 Å². The molecule has 0 fully saturated rings. The van der Waals surface area contributed by atoms with Gasteiger partial charge in [-0.25, -0.2) is 0 Å². The molecule has 0 bridgehead atoms. The number of rotatable bonds is 6. The van der Waals surface area contributed by atoms with Crippen molar-refractivity contribution >= 4 is 28.9 Å². The summed E-state index contributed by atoms with van der Waals surface area (Å²) in [4.78, 5) is 0. The Bertz CT molecular complexity index is 144. The van der Waals surface area contributed by atoms with Gasteiger partial charge in [0.25, 0.3) is 6.69 Å². The quantitative estimate of drug-likeness (QED) is 0.438. The maximum absolute atomic E-state index is 6.49. The standard InChI is InChI=1S/C10H22Cl2Si/c1-5-7-9-13(11,12)10(3,4)8-6-2/h5-9H2,1-4H3. The smallest absolute Gasteiger partial charge is 0.145 e. The van der Waals surface area contributed by atoms with Crippen LogP contribution in [0.4, 0.5) is 0 Å². The fourth-order valence-electron chi connectivity index (χ4n) is 1.55. The molecule has 3 heteroatoms. The van der Waals surface area contributed by atoms with E-state index in [-0.39, 0.29) is 5.04 Å². The van der Waals surface area contributed by atoms with Crippen LogP contribution in [0.1, 0.15) is 53.4 Å². The van der Waals surface area contributed by atoms with Gasteiger partial charge in [0.1, 0.15) is 0 Å². The molecule has 0 radical (unpaired) electrons. The minimum absolute atomic E-state index is 0.167. The predicted molar refractivity (Wildman–Crippen MR) is 66.1 cm³/mol. The van der Waals surface area contributed by atoms with Crippen LogP contribution in [-0.4, -0.2) is 6.69 Å². The van der Waals surface area contributed by atoms with Crippen molar-refractivity contribution in [3.63, 3.8) is 0 Å². The molecule has 13 heavy (non-hydrogen) atoms. The highest BCUT2D eigenvalue weighted by Gasteiger charge is 2.43. The fraction of sp³-hybridized carbons (Fsp3) is 1.00. The van der Waals surface area contributed by atoms with Crippen LogP contribution in [0.15, 0.2) is 0 Å². The minimum Gasteiger partial charge on any atom is -0.145 e. The highest BCUT2D eigenvalue weighted by Crippen LogP contribution is 2.49. The van der Waals surface area contributed by atoms with Crippen LogP contribution in [0, 0.1) is 0 Å². The van der Waals surface area contributed by atoms with E-state index in [4.69, 9.17) is 22.2 Å². The summed E-state index contributed by atoms with van der Waals surface area (Å²) >= 11 is 13.0. The molecular formula is C10H22Cl2Si. The molecule has 0 heterocycles. The molecule has 0 aliphatic rings. The van der Waals surface area contributed by atoms with Crippen molar-refractivity contribution in [1.82, 2.24) is 0 Å². The van der Waals surface area contributed by atoms with Gasteiger partial charge in [-0.05, 0) is 17.5 Å². The maximum Gasteiger partial charge on any atom is 0.256 e. The zero-order valence-corrected chi connectivity index (χ0v) is 11.8. The third-order valence-corrected chi connectivity index (χ3v) is 10.1. The van der Waals surface area contributed by atoms with Crippen molar-refractivity contribution in [1.29, 1.82) is 0 Å². The lowest BCUT2D eigenvalue weighted by molar-refractivity contribution is 0.580. The molecule has 0 saturated heterocycles. The van der Waals surface area contributed by atoms with Crippen molar-refractivity contribution < 1.29 is 0 Å². The Morgan fingerprint density at radius 1 is 1.08 bits per heavy atom. The van der Waals surface area contributed by atoms with E-state index in [1.807, 2.05) is 0 Å². The average molecular weight is 241 g/mol. The zero-order chi connectivity index (χ0) is 10.5. The third kappa shape index (κ3) is 4.22. The predicted octanol–water partition coefficient (Wildman–Crippen LogP) is 5.29. The monoisotopic (exact) mass is 240 g/mol. The second-order valence-corrected chi connectivity index (χ2v) is 12.2. The van der Waals surface area contributed by atoms with E-state index in [1.54, 1.807) is 0 Å². The molecule has 0 amide bonds. The maximum atomic E-state index is 6.49. The molecule has 0 N–H and O–H groups in total. The van der Waals surface area contributed by atoms with E-state index in [0.717, 1.165) is 12.5 Å². The van der Waals surface area contributed by atoms with Gasteiger partial charge in [0.05, 0.1) is 0 Å².